The van der Waals surface area contributed by atoms with E-state index in [9.17, 15) is 4.79 Å². The molecule has 0 radical (unpaired) electrons. The lowest BCUT2D eigenvalue weighted by Crippen LogP contribution is -2.38. The highest BCUT2D eigenvalue weighted by Gasteiger charge is 2.05. The quantitative estimate of drug-likeness (QED) is 0.327. The van der Waals surface area contributed by atoms with Crippen LogP contribution in [0.4, 0.5) is 0 Å². The maximum atomic E-state index is 11.6. The molecule has 0 unspecified atom stereocenters. The van der Waals surface area contributed by atoms with Gasteiger partial charge in [-0.25, -0.2) is 4.99 Å². The fourth-order valence-electron chi connectivity index (χ4n) is 2.00. The van der Waals surface area contributed by atoms with Gasteiger partial charge in [-0.3, -0.25) is 4.79 Å². The molecule has 0 aliphatic carbocycles. The highest BCUT2D eigenvalue weighted by Crippen LogP contribution is 2.14. The van der Waals surface area contributed by atoms with Crippen LogP contribution in [0.3, 0.4) is 0 Å². The highest BCUT2D eigenvalue weighted by molar-refractivity contribution is 14.0. The van der Waals surface area contributed by atoms with Crippen molar-refractivity contribution >= 4 is 35.8 Å². The van der Waals surface area contributed by atoms with Crippen molar-refractivity contribution in [1.82, 2.24) is 15.5 Å². The van der Waals surface area contributed by atoms with Gasteiger partial charge in [0.2, 0.25) is 0 Å². The summed E-state index contributed by atoms with van der Waals surface area (Å²) in [6.45, 7) is 8.78. The Balaban J connectivity index is 0.00000625. The van der Waals surface area contributed by atoms with E-state index in [4.69, 9.17) is 4.74 Å². The van der Waals surface area contributed by atoms with Gasteiger partial charge in [0, 0.05) is 27.2 Å². The van der Waals surface area contributed by atoms with Crippen LogP contribution in [0.2, 0.25) is 0 Å². The fraction of sp³-hybridized carbons (Fsp3) is 0.579. The van der Waals surface area contributed by atoms with Crippen LogP contribution in [0.5, 0.6) is 5.75 Å². The van der Waals surface area contributed by atoms with Gasteiger partial charge in [-0.2, -0.15) is 0 Å². The molecular weight excluding hydrogens is 443 g/mol. The standard InChI is InChI=1S/C19H32N4O2.HI/c1-6-20-19(21-11-10-15(2)3)22-13-16-8-7-9-17(12-16)25-14-18(24)23(4)5;/h7-9,12,15H,6,10-11,13-14H2,1-5H3,(H2,20,21,22);1H. The summed E-state index contributed by atoms with van der Waals surface area (Å²) in [5, 5.41) is 6.60. The summed E-state index contributed by atoms with van der Waals surface area (Å²) in [5.74, 6) is 2.10. The van der Waals surface area contributed by atoms with Crippen molar-refractivity contribution in [2.75, 3.05) is 33.8 Å². The number of likely N-dealkylation sites (N-methyl/N-ethyl adjacent to an activating group) is 1. The zero-order chi connectivity index (χ0) is 18.7. The molecule has 0 saturated heterocycles. The Morgan fingerprint density at radius 2 is 2.00 bits per heavy atom. The van der Waals surface area contributed by atoms with E-state index < -0.39 is 0 Å². The number of nitrogens with one attached hydrogen (secondary N) is 2. The molecule has 0 spiro atoms. The van der Waals surface area contributed by atoms with Gasteiger partial charge in [0.1, 0.15) is 5.75 Å². The third-order valence-corrected chi connectivity index (χ3v) is 3.54. The summed E-state index contributed by atoms with van der Waals surface area (Å²) in [5.41, 5.74) is 1.04. The molecule has 0 atom stereocenters. The molecule has 1 rings (SSSR count). The second kappa shape index (κ2) is 13.7. The van der Waals surface area contributed by atoms with Gasteiger partial charge >= 0.3 is 0 Å². The Bertz CT molecular complexity index is 562. The number of carbonyl (C=O) groups is 1. The average molecular weight is 476 g/mol. The first-order valence-corrected chi connectivity index (χ1v) is 8.86. The molecule has 0 fully saturated rings. The molecule has 6 nitrogen and oxygen atoms in total. The van der Waals surface area contributed by atoms with Gasteiger partial charge in [-0.15, -0.1) is 24.0 Å². The second-order valence-electron chi connectivity index (χ2n) is 6.53. The van der Waals surface area contributed by atoms with Gasteiger partial charge in [0.05, 0.1) is 6.54 Å². The SMILES string of the molecule is CCNC(=NCc1cccc(OCC(=O)N(C)C)c1)NCCC(C)C.I. The van der Waals surface area contributed by atoms with Gasteiger partial charge in [-0.05, 0) is 37.0 Å². The summed E-state index contributed by atoms with van der Waals surface area (Å²) < 4.78 is 5.54. The van der Waals surface area contributed by atoms with Gasteiger partial charge < -0.3 is 20.3 Å². The summed E-state index contributed by atoms with van der Waals surface area (Å²) in [6.07, 6.45) is 1.10. The largest absolute Gasteiger partial charge is 0.484 e. The molecule has 148 valence electrons. The molecule has 7 heteroatoms. The molecule has 0 bridgehead atoms. The minimum absolute atomic E-state index is 0. The monoisotopic (exact) mass is 476 g/mol. The first kappa shape index (κ1) is 24.5. The first-order chi connectivity index (χ1) is 11.9. The van der Waals surface area contributed by atoms with Crippen LogP contribution in [0.15, 0.2) is 29.3 Å². The minimum atomic E-state index is -0.0628. The lowest BCUT2D eigenvalue weighted by Gasteiger charge is -2.13. The number of amides is 1. The van der Waals surface area contributed by atoms with Crippen molar-refractivity contribution in [2.24, 2.45) is 10.9 Å². The van der Waals surface area contributed by atoms with Crippen LogP contribution in [0.1, 0.15) is 32.8 Å². The van der Waals surface area contributed by atoms with Crippen molar-refractivity contribution in [3.63, 3.8) is 0 Å². The molecule has 1 aromatic rings. The normalized spacial score (nSPS) is 10.9. The van der Waals surface area contributed by atoms with E-state index in [2.05, 4.69) is 36.4 Å². The Labute approximate surface area is 174 Å². The highest BCUT2D eigenvalue weighted by atomic mass is 127. The Morgan fingerprint density at radius 1 is 1.27 bits per heavy atom. The molecule has 1 aromatic carbocycles. The van der Waals surface area contributed by atoms with Crippen molar-refractivity contribution in [1.29, 1.82) is 0 Å². The predicted octanol–water partition coefficient (Wildman–Crippen LogP) is 2.87. The molecule has 0 aliphatic heterocycles. The topological polar surface area (TPSA) is 66.0 Å². The Hall–Kier alpha value is -1.51. The maximum Gasteiger partial charge on any atom is 0.259 e. The van der Waals surface area contributed by atoms with Crippen molar-refractivity contribution in [3.05, 3.63) is 29.8 Å². The first-order valence-electron chi connectivity index (χ1n) is 8.86. The van der Waals surface area contributed by atoms with Crippen LogP contribution in [0, 0.1) is 5.92 Å². The number of benzene rings is 1. The van der Waals surface area contributed by atoms with E-state index >= 15 is 0 Å². The summed E-state index contributed by atoms with van der Waals surface area (Å²) in [6, 6.07) is 7.69. The van der Waals surface area contributed by atoms with E-state index in [0.717, 1.165) is 31.0 Å². The van der Waals surface area contributed by atoms with Crippen LogP contribution in [-0.2, 0) is 11.3 Å². The van der Waals surface area contributed by atoms with Crippen molar-refractivity contribution < 1.29 is 9.53 Å². The van der Waals surface area contributed by atoms with Crippen LogP contribution >= 0.6 is 24.0 Å². The minimum Gasteiger partial charge on any atom is -0.484 e. The number of halogens is 1. The zero-order valence-corrected chi connectivity index (χ0v) is 18.9. The molecule has 26 heavy (non-hydrogen) atoms. The van der Waals surface area contributed by atoms with Gasteiger partial charge in [0.15, 0.2) is 12.6 Å². The number of guanidine groups is 1. The number of carbonyl (C=O) groups excluding carboxylic acids is 1. The average Bonchev–Trinajstić information content (AvgIpc) is 2.57. The van der Waals surface area contributed by atoms with E-state index in [0.29, 0.717) is 18.2 Å². The third kappa shape index (κ3) is 10.5. The smallest absolute Gasteiger partial charge is 0.259 e. The number of aliphatic imine (C=N–C) groups is 1. The number of nitrogens with zero attached hydrogens (tertiary/aromatic N) is 2. The van der Waals surface area contributed by atoms with Crippen LogP contribution < -0.4 is 15.4 Å². The zero-order valence-electron chi connectivity index (χ0n) is 16.5. The predicted molar refractivity (Wildman–Crippen MR) is 118 cm³/mol. The molecule has 0 saturated carbocycles. The molecule has 2 N–H and O–H groups in total. The van der Waals surface area contributed by atoms with E-state index in [1.807, 2.05) is 24.3 Å². The number of hydrogen-bond acceptors (Lipinski definition) is 3. The number of hydrogen-bond donors (Lipinski definition) is 2. The summed E-state index contributed by atoms with van der Waals surface area (Å²) >= 11 is 0. The fourth-order valence-corrected chi connectivity index (χ4v) is 2.00. The van der Waals surface area contributed by atoms with Gasteiger partial charge in [-0.1, -0.05) is 26.0 Å². The van der Waals surface area contributed by atoms with Gasteiger partial charge in [0.25, 0.3) is 5.91 Å². The van der Waals surface area contributed by atoms with Crippen molar-refractivity contribution in [3.8, 4) is 5.75 Å². The van der Waals surface area contributed by atoms with Crippen LogP contribution in [-0.4, -0.2) is 50.6 Å². The van der Waals surface area contributed by atoms with Crippen LogP contribution in [0.25, 0.3) is 0 Å². The molecule has 0 aliphatic rings. The summed E-state index contributed by atoms with van der Waals surface area (Å²) in [7, 11) is 3.43. The molecule has 0 aromatic heterocycles. The second-order valence-corrected chi connectivity index (χ2v) is 6.53. The van der Waals surface area contributed by atoms with E-state index in [-0.39, 0.29) is 36.5 Å². The van der Waals surface area contributed by atoms with Crippen molar-refractivity contribution in [2.45, 2.75) is 33.7 Å². The number of rotatable bonds is 9. The lowest BCUT2D eigenvalue weighted by molar-refractivity contribution is -0.130. The molecule has 1 amide bonds. The lowest BCUT2D eigenvalue weighted by atomic mass is 10.1. The Morgan fingerprint density at radius 3 is 2.62 bits per heavy atom. The number of ether oxygens (including phenoxy) is 1. The maximum absolute atomic E-state index is 11.6. The van der Waals surface area contributed by atoms with E-state index in [1.165, 1.54) is 4.90 Å². The summed E-state index contributed by atoms with van der Waals surface area (Å²) in [4.78, 5) is 17.7. The van der Waals surface area contributed by atoms with E-state index in [1.54, 1.807) is 14.1 Å². The third-order valence-electron chi connectivity index (χ3n) is 3.54. The molecule has 0 heterocycles. The Kier molecular flexibility index (Phi) is 12.9. The molecular formula is C19H33IN4O2.